The Morgan fingerprint density at radius 1 is 1.22 bits per heavy atom. The fourth-order valence-corrected chi connectivity index (χ4v) is 2.00. The van der Waals surface area contributed by atoms with E-state index in [2.05, 4.69) is 0 Å². The van der Waals surface area contributed by atoms with Gasteiger partial charge in [-0.3, -0.25) is 0 Å². The van der Waals surface area contributed by atoms with Crippen LogP contribution in [-0.2, 0) is 0 Å². The Morgan fingerprint density at radius 2 is 1.94 bits per heavy atom. The predicted octanol–water partition coefficient (Wildman–Crippen LogP) is 3.37. The van der Waals surface area contributed by atoms with Crippen molar-refractivity contribution < 1.29 is 19.4 Å². The number of aliphatic hydroxyl groups is 1. The maximum atomic E-state index is 10.7. The van der Waals surface area contributed by atoms with E-state index in [1.807, 2.05) is 0 Å². The van der Waals surface area contributed by atoms with E-state index in [0.29, 0.717) is 10.6 Å². The highest BCUT2D eigenvalue weighted by molar-refractivity contribution is 6.35. The number of carbonyl (C=O) groups is 1. The molecule has 0 bridgehead atoms. The van der Waals surface area contributed by atoms with Gasteiger partial charge in [-0.1, -0.05) is 29.3 Å². The lowest BCUT2D eigenvalue weighted by Crippen LogP contribution is -1.99. The third-order valence-corrected chi connectivity index (χ3v) is 2.93. The molecule has 0 aliphatic carbocycles. The molecule has 1 unspecified atom stereocenters. The molecule has 2 rings (SSSR count). The maximum Gasteiger partial charge on any atom is 0.371 e. The van der Waals surface area contributed by atoms with E-state index in [0.717, 1.165) is 0 Å². The van der Waals surface area contributed by atoms with Gasteiger partial charge in [-0.15, -0.1) is 0 Å². The lowest BCUT2D eigenvalue weighted by atomic mass is 10.1. The van der Waals surface area contributed by atoms with Gasteiger partial charge in [0.1, 0.15) is 11.9 Å². The van der Waals surface area contributed by atoms with E-state index >= 15 is 0 Å². The van der Waals surface area contributed by atoms with Crippen molar-refractivity contribution in [1.82, 2.24) is 0 Å². The molecule has 6 heteroatoms. The van der Waals surface area contributed by atoms with Crippen LogP contribution in [0.3, 0.4) is 0 Å². The lowest BCUT2D eigenvalue weighted by Gasteiger charge is -2.10. The van der Waals surface area contributed by atoms with Crippen LogP contribution in [-0.4, -0.2) is 16.2 Å². The van der Waals surface area contributed by atoms with Crippen molar-refractivity contribution in [1.29, 1.82) is 0 Å². The van der Waals surface area contributed by atoms with Crippen LogP contribution in [0.25, 0.3) is 0 Å². The summed E-state index contributed by atoms with van der Waals surface area (Å²) in [7, 11) is 0. The molecule has 1 heterocycles. The average molecular weight is 287 g/mol. The van der Waals surface area contributed by atoms with Gasteiger partial charge in [0, 0.05) is 15.6 Å². The highest BCUT2D eigenvalue weighted by Gasteiger charge is 2.19. The first-order chi connectivity index (χ1) is 8.49. The zero-order valence-electron chi connectivity index (χ0n) is 8.93. The van der Waals surface area contributed by atoms with Crippen LogP contribution in [0.5, 0.6) is 0 Å². The van der Waals surface area contributed by atoms with Crippen molar-refractivity contribution in [2.24, 2.45) is 0 Å². The van der Waals surface area contributed by atoms with Crippen molar-refractivity contribution in [3.63, 3.8) is 0 Å². The van der Waals surface area contributed by atoms with E-state index in [1.54, 1.807) is 12.1 Å². The van der Waals surface area contributed by atoms with E-state index in [9.17, 15) is 9.90 Å². The number of benzene rings is 1. The smallest absolute Gasteiger partial charge is 0.371 e. The third kappa shape index (κ3) is 2.51. The Kier molecular flexibility index (Phi) is 3.61. The summed E-state index contributed by atoms with van der Waals surface area (Å²) in [5, 5.41) is 19.5. The molecule has 0 aliphatic heterocycles. The van der Waals surface area contributed by atoms with Gasteiger partial charge in [0.15, 0.2) is 0 Å². The van der Waals surface area contributed by atoms with E-state index in [-0.39, 0.29) is 16.5 Å². The molecule has 94 valence electrons. The first kappa shape index (κ1) is 13.0. The molecule has 0 radical (unpaired) electrons. The molecule has 0 spiro atoms. The molecule has 2 N–H and O–H groups in total. The second-order valence-electron chi connectivity index (χ2n) is 3.58. The highest BCUT2D eigenvalue weighted by Crippen LogP contribution is 2.31. The van der Waals surface area contributed by atoms with Gasteiger partial charge >= 0.3 is 5.97 Å². The van der Waals surface area contributed by atoms with Gasteiger partial charge in [-0.25, -0.2) is 4.79 Å². The number of furan rings is 1. The van der Waals surface area contributed by atoms with Crippen LogP contribution in [0.15, 0.2) is 34.7 Å². The fraction of sp³-hybridized carbons (Fsp3) is 0.0833. The molecule has 0 aliphatic rings. The van der Waals surface area contributed by atoms with E-state index in [1.165, 1.54) is 18.2 Å². The number of carboxylic acids is 1. The lowest BCUT2D eigenvalue weighted by molar-refractivity contribution is 0.0655. The zero-order valence-corrected chi connectivity index (χ0v) is 10.4. The molecule has 4 nitrogen and oxygen atoms in total. The number of aliphatic hydroxyl groups excluding tert-OH is 1. The molecular weight excluding hydrogens is 279 g/mol. The number of halogens is 2. The van der Waals surface area contributed by atoms with Crippen LogP contribution in [0.4, 0.5) is 0 Å². The summed E-state index contributed by atoms with van der Waals surface area (Å²) in [6, 6.07) is 7.28. The van der Waals surface area contributed by atoms with Gasteiger partial charge in [-0.05, 0) is 24.3 Å². The molecule has 1 aromatic heterocycles. The summed E-state index contributed by atoms with van der Waals surface area (Å²) >= 11 is 11.7. The van der Waals surface area contributed by atoms with Crippen molar-refractivity contribution in [3.8, 4) is 0 Å². The Morgan fingerprint density at radius 3 is 2.50 bits per heavy atom. The summed E-state index contributed by atoms with van der Waals surface area (Å²) in [5.74, 6) is -1.33. The first-order valence-electron chi connectivity index (χ1n) is 4.95. The molecule has 2 aromatic rings. The highest BCUT2D eigenvalue weighted by atomic mass is 35.5. The Labute approximate surface area is 112 Å². The Bertz CT molecular complexity index is 592. The zero-order chi connectivity index (χ0) is 13.3. The molecular formula is C12H8Cl2O4. The van der Waals surface area contributed by atoms with Gasteiger partial charge in [0.2, 0.25) is 5.76 Å². The first-order valence-corrected chi connectivity index (χ1v) is 5.70. The summed E-state index contributed by atoms with van der Waals surface area (Å²) < 4.78 is 5.01. The second-order valence-corrected chi connectivity index (χ2v) is 4.42. The van der Waals surface area contributed by atoms with E-state index in [4.69, 9.17) is 32.7 Å². The largest absolute Gasteiger partial charge is 0.475 e. The van der Waals surface area contributed by atoms with Crippen molar-refractivity contribution in [2.75, 3.05) is 0 Å². The Balaban J connectivity index is 2.35. The standard InChI is InChI=1S/C12H8Cl2O4/c13-6-1-2-7(8(14)5-6)11(15)9-3-4-10(18-9)12(16)17/h1-5,11,15H,(H,16,17). The topological polar surface area (TPSA) is 70.7 Å². The molecule has 0 saturated carbocycles. The number of hydrogen-bond donors (Lipinski definition) is 2. The Hall–Kier alpha value is -1.49. The van der Waals surface area contributed by atoms with Gasteiger partial charge in [0.05, 0.1) is 0 Å². The number of carboxylic acid groups (broad SMARTS) is 1. The minimum atomic E-state index is -1.20. The van der Waals surface area contributed by atoms with Crippen LogP contribution in [0.1, 0.15) is 28.0 Å². The number of hydrogen-bond acceptors (Lipinski definition) is 3. The molecule has 0 fully saturated rings. The van der Waals surface area contributed by atoms with Gasteiger partial charge < -0.3 is 14.6 Å². The van der Waals surface area contributed by atoms with Crippen LogP contribution < -0.4 is 0 Å². The third-order valence-electron chi connectivity index (χ3n) is 2.36. The fourth-order valence-electron chi connectivity index (χ4n) is 1.49. The van der Waals surface area contributed by atoms with Crippen molar-refractivity contribution >= 4 is 29.2 Å². The minimum absolute atomic E-state index is 0.108. The number of rotatable bonds is 3. The molecule has 18 heavy (non-hydrogen) atoms. The second kappa shape index (κ2) is 5.02. The monoisotopic (exact) mass is 286 g/mol. The van der Waals surface area contributed by atoms with Crippen molar-refractivity contribution in [3.05, 3.63) is 57.5 Å². The van der Waals surface area contributed by atoms with Crippen LogP contribution >= 0.6 is 23.2 Å². The minimum Gasteiger partial charge on any atom is -0.475 e. The summed E-state index contributed by atoms with van der Waals surface area (Å²) in [4.78, 5) is 10.7. The van der Waals surface area contributed by atoms with Crippen molar-refractivity contribution in [2.45, 2.75) is 6.10 Å². The van der Waals surface area contributed by atoms with Gasteiger partial charge in [-0.2, -0.15) is 0 Å². The predicted molar refractivity (Wildman–Crippen MR) is 66.2 cm³/mol. The summed E-state index contributed by atoms with van der Waals surface area (Å²) in [5.41, 5.74) is 0.396. The molecule has 1 aromatic carbocycles. The SMILES string of the molecule is O=C(O)c1ccc(C(O)c2ccc(Cl)cc2Cl)o1. The molecule has 1 atom stereocenters. The summed E-state index contributed by atoms with van der Waals surface area (Å²) in [6.07, 6.45) is -1.14. The quantitative estimate of drug-likeness (QED) is 0.908. The summed E-state index contributed by atoms with van der Waals surface area (Å²) in [6.45, 7) is 0. The molecule has 0 amide bonds. The maximum absolute atomic E-state index is 10.7. The van der Waals surface area contributed by atoms with Crippen LogP contribution in [0, 0.1) is 0 Å². The van der Waals surface area contributed by atoms with Gasteiger partial charge in [0.25, 0.3) is 0 Å². The number of aromatic carboxylic acids is 1. The average Bonchev–Trinajstić information content (AvgIpc) is 2.77. The molecule has 0 saturated heterocycles. The van der Waals surface area contributed by atoms with Crippen LogP contribution in [0.2, 0.25) is 10.0 Å². The van der Waals surface area contributed by atoms with E-state index < -0.39 is 12.1 Å². The normalized spacial score (nSPS) is 12.4.